The molecule has 0 saturated carbocycles. The number of hydrogen-bond donors (Lipinski definition) is 1. The Labute approximate surface area is 79.0 Å². The first-order valence-corrected chi connectivity index (χ1v) is 3.98. The number of carbonyl (C=O) groups excluding carboxylic acids is 2. The molecule has 1 unspecified atom stereocenters. The van der Waals surface area contributed by atoms with Gasteiger partial charge >= 0.3 is 0 Å². The predicted octanol–water partition coefficient (Wildman–Crippen LogP) is -1.47. The highest BCUT2D eigenvalue weighted by Crippen LogP contribution is 2.16. The Bertz CT molecular complexity index is 386. The lowest BCUT2D eigenvalue weighted by atomic mass is 10.2. The molecular formula is C7H8N4O3. The van der Waals surface area contributed by atoms with Gasteiger partial charge in [0, 0.05) is 7.05 Å². The molecule has 2 heterocycles. The summed E-state index contributed by atoms with van der Waals surface area (Å²) in [5, 5.41) is 9.55. The Morgan fingerprint density at radius 1 is 1.64 bits per heavy atom. The SMILES string of the molecule is Cn1cc(C2OCC(=O)NC2=O)nn1. The highest BCUT2D eigenvalue weighted by Gasteiger charge is 2.30. The molecule has 7 heteroatoms. The Morgan fingerprint density at radius 3 is 3.00 bits per heavy atom. The summed E-state index contributed by atoms with van der Waals surface area (Å²) in [5.74, 6) is -0.933. The minimum absolute atomic E-state index is 0.132. The quantitative estimate of drug-likeness (QED) is 0.554. The Morgan fingerprint density at radius 2 is 2.43 bits per heavy atom. The number of hydrogen-bond acceptors (Lipinski definition) is 5. The molecule has 0 aliphatic carbocycles. The molecule has 2 rings (SSSR count). The molecule has 1 aliphatic heterocycles. The Balaban J connectivity index is 2.19. The van der Waals surface area contributed by atoms with Gasteiger partial charge in [-0.25, -0.2) is 0 Å². The number of ether oxygens (including phenoxy) is 1. The molecule has 14 heavy (non-hydrogen) atoms. The van der Waals surface area contributed by atoms with E-state index in [0.29, 0.717) is 5.69 Å². The van der Waals surface area contributed by atoms with Gasteiger partial charge in [-0.3, -0.25) is 19.6 Å². The maximum absolute atomic E-state index is 11.3. The molecule has 1 saturated heterocycles. The van der Waals surface area contributed by atoms with Crippen molar-refractivity contribution in [3.05, 3.63) is 11.9 Å². The van der Waals surface area contributed by atoms with Gasteiger partial charge in [0.2, 0.25) is 0 Å². The maximum atomic E-state index is 11.3. The molecule has 74 valence electrons. The largest absolute Gasteiger partial charge is 0.352 e. The zero-order valence-corrected chi connectivity index (χ0v) is 7.43. The highest BCUT2D eigenvalue weighted by molar-refractivity contribution is 5.99. The summed E-state index contributed by atoms with van der Waals surface area (Å²) in [7, 11) is 1.68. The summed E-state index contributed by atoms with van der Waals surface area (Å²) in [4.78, 5) is 22.0. The lowest BCUT2D eigenvalue weighted by molar-refractivity contribution is -0.150. The van der Waals surface area contributed by atoms with Crippen LogP contribution in [0.2, 0.25) is 0 Å². The topological polar surface area (TPSA) is 86.1 Å². The van der Waals surface area contributed by atoms with Crippen molar-refractivity contribution < 1.29 is 14.3 Å². The number of morpholine rings is 1. The number of amides is 2. The van der Waals surface area contributed by atoms with Crippen LogP contribution in [0.15, 0.2) is 6.20 Å². The monoisotopic (exact) mass is 196 g/mol. The minimum atomic E-state index is -0.832. The number of carbonyl (C=O) groups is 2. The van der Waals surface area contributed by atoms with Crippen LogP contribution in [0.1, 0.15) is 11.8 Å². The van der Waals surface area contributed by atoms with Crippen LogP contribution < -0.4 is 5.32 Å². The molecule has 2 amide bonds. The summed E-state index contributed by atoms with van der Waals surface area (Å²) in [5.41, 5.74) is 0.400. The van der Waals surface area contributed by atoms with Crippen molar-refractivity contribution in [2.75, 3.05) is 6.61 Å². The smallest absolute Gasteiger partial charge is 0.262 e. The predicted molar refractivity (Wildman–Crippen MR) is 42.8 cm³/mol. The molecular weight excluding hydrogens is 188 g/mol. The van der Waals surface area contributed by atoms with Gasteiger partial charge in [0.05, 0.1) is 6.20 Å². The van der Waals surface area contributed by atoms with E-state index in [0.717, 1.165) is 0 Å². The van der Waals surface area contributed by atoms with Gasteiger partial charge in [-0.2, -0.15) is 0 Å². The van der Waals surface area contributed by atoms with Gasteiger partial charge in [-0.15, -0.1) is 5.10 Å². The standard InChI is InChI=1S/C7H8N4O3/c1-11-2-4(9-10-11)6-7(13)8-5(12)3-14-6/h2,6H,3H2,1H3,(H,8,12,13). The van der Waals surface area contributed by atoms with Gasteiger partial charge in [-0.05, 0) is 0 Å². The fourth-order valence-corrected chi connectivity index (χ4v) is 1.18. The van der Waals surface area contributed by atoms with E-state index < -0.39 is 17.9 Å². The normalized spacial score (nSPS) is 22.2. The number of aromatic nitrogens is 3. The summed E-state index contributed by atoms with van der Waals surface area (Å²) in [6.45, 7) is -0.132. The molecule has 1 N–H and O–H groups in total. The van der Waals surface area contributed by atoms with E-state index in [1.54, 1.807) is 13.2 Å². The molecule has 1 atom stereocenters. The van der Waals surface area contributed by atoms with E-state index in [-0.39, 0.29) is 6.61 Å². The van der Waals surface area contributed by atoms with E-state index in [9.17, 15) is 9.59 Å². The van der Waals surface area contributed by atoms with Crippen LogP contribution in [0.25, 0.3) is 0 Å². The minimum Gasteiger partial charge on any atom is -0.352 e. The molecule has 1 fully saturated rings. The van der Waals surface area contributed by atoms with Crippen LogP contribution in [-0.2, 0) is 21.4 Å². The third-order valence-corrected chi connectivity index (χ3v) is 1.77. The van der Waals surface area contributed by atoms with E-state index in [4.69, 9.17) is 4.74 Å². The van der Waals surface area contributed by atoms with Crippen LogP contribution in [0.3, 0.4) is 0 Å². The molecule has 0 spiro atoms. The second kappa shape index (κ2) is 3.18. The summed E-state index contributed by atoms with van der Waals surface area (Å²) < 4.78 is 6.49. The van der Waals surface area contributed by atoms with Crippen LogP contribution in [0.5, 0.6) is 0 Å². The molecule has 1 aromatic rings. The van der Waals surface area contributed by atoms with Crippen molar-refractivity contribution in [3.8, 4) is 0 Å². The third-order valence-electron chi connectivity index (χ3n) is 1.77. The first-order valence-electron chi connectivity index (χ1n) is 3.98. The van der Waals surface area contributed by atoms with Gasteiger partial charge in [0.15, 0.2) is 6.10 Å². The molecule has 0 aromatic carbocycles. The fraction of sp³-hybridized carbons (Fsp3) is 0.429. The maximum Gasteiger partial charge on any atom is 0.262 e. The summed E-state index contributed by atoms with van der Waals surface area (Å²) >= 11 is 0. The van der Waals surface area contributed by atoms with Crippen molar-refractivity contribution in [1.82, 2.24) is 20.3 Å². The lowest BCUT2D eigenvalue weighted by Crippen LogP contribution is -2.43. The van der Waals surface area contributed by atoms with Crippen molar-refractivity contribution in [3.63, 3.8) is 0 Å². The number of aryl methyl sites for hydroxylation is 1. The van der Waals surface area contributed by atoms with Gasteiger partial charge in [-0.1, -0.05) is 5.21 Å². The molecule has 1 aliphatic rings. The first-order chi connectivity index (χ1) is 6.66. The summed E-state index contributed by atoms with van der Waals surface area (Å²) in [6.07, 6.45) is 0.737. The highest BCUT2D eigenvalue weighted by atomic mass is 16.5. The Kier molecular flexibility index (Phi) is 2.01. The molecule has 7 nitrogen and oxygen atoms in total. The van der Waals surface area contributed by atoms with Crippen molar-refractivity contribution in [1.29, 1.82) is 0 Å². The van der Waals surface area contributed by atoms with Crippen molar-refractivity contribution >= 4 is 11.8 Å². The number of imide groups is 1. The van der Waals surface area contributed by atoms with Crippen LogP contribution in [0, 0.1) is 0 Å². The second-order valence-electron chi connectivity index (χ2n) is 2.92. The zero-order chi connectivity index (χ0) is 10.1. The van der Waals surface area contributed by atoms with E-state index in [2.05, 4.69) is 15.6 Å². The van der Waals surface area contributed by atoms with Crippen LogP contribution >= 0.6 is 0 Å². The van der Waals surface area contributed by atoms with Gasteiger partial charge in [0.1, 0.15) is 12.3 Å². The van der Waals surface area contributed by atoms with E-state index >= 15 is 0 Å². The zero-order valence-electron chi connectivity index (χ0n) is 7.43. The molecule has 0 bridgehead atoms. The lowest BCUT2D eigenvalue weighted by Gasteiger charge is -2.19. The average molecular weight is 196 g/mol. The van der Waals surface area contributed by atoms with E-state index in [1.807, 2.05) is 0 Å². The molecule has 0 radical (unpaired) electrons. The number of rotatable bonds is 1. The number of nitrogens with zero attached hydrogens (tertiary/aromatic N) is 3. The van der Waals surface area contributed by atoms with Crippen LogP contribution in [-0.4, -0.2) is 33.4 Å². The van der Waals surface area contributed by atoms with Crippen molar-refractivity contribution in [2.24, 2.45) is 7.05 Å². The van der Waals surface area contributed by atoms with Gasteiger partial charge in [0.25, 0.3) is 11.8 Å². The third kappa shape index (κ3) is 1.49. The first kappa shape index (κ1) is 8.82. The second-order valence-corrected chi connectivity index (χ2v) is 2.92. The fourth-order valence-electron chi connectivity index (χ4n) is 1.18. The van der Waals surface area contributed by atoms with E-state index in [1.165, 1.54) is 4.68 Å². The average Bonchev–Trinajstić information content (AvgIpc) is 2.51. The molecule has 1 aromatic heterocycles. The van der Waals surface area contributed by atoms with Gasteiger partial charge < -0.3 is 4.74 Å². The Hall–Kier alpha value is -1.76. The number of nitrogens with one attached hydrogen (secondary N) is 1. The van der Waals surface area contributed by atoms with Crippen LogP contribution in [0.4, 0.5) is 0 Å². The summed E-state index contributed by atoms with van der Waals surface area (Å²) in [6, 6.07) is 0. The van der Waals surface area contributed by atoms with Crippen molar-refractivity contribution in [2.45, 2.75) is 6.10 Å².